The predicted octanol–water partition coefficient (Wildman–Crippen LogP) is 3.06. The van der Waals surface area contributed by atoms with Crippen molar-refractivity contribution in [2.75, 3.05) is 6.61 Å². The van der Waals surface area contributed by atoms with Crippen LogP contribution in [0.15, 0.2) is 48.5 Å². The SMILES string of the molecule is O=C1N[C@H](Cn2nnc(-c3ccccc3Cc3ccc(C(F)(F)F)cc3)n2)CO1. The Morgan fingerprint density at radius 3 is 2.59 bits per heavy atom. The number of carbonyl (C=O) groups excluding carboxylic acids is 1. The third kappa shape index (κ3) is 4.36. The van der Waals surface area contributed by atoms with Gasteiger partial charge >= 0.3 is 12.3 Å². The zero-order chi connectivity index (χ0) is 20.4. The van der Waals surface area contributed by atoms with Gasteiger partial charge in [-0.1, -0.05) is 36.4 Å². The first-order valence-electron chi connectivity index (χ1n) is 8.84. The van der Waals surface area contributed by atoms with Gasteiger partial charge in [-0.15, -0.1) is 10.2 Å². The highest BCUT2D eigenvalue weighted by atomic mass is 19.4. The van der Waals surface area contributed by atoms with Crippen LogP contribution in [0.25, 0.3) is 11.4 Å². The molecule has 150 valence electrons. The molecule has 10 heteroatoms. The molecule has 0 aliphatic carbocycles. The standard InChI is InChI=1S/C19H16F3N5O2/c20-19(21,22)14-7-5-12(6-8-14)9-13-3-1-2-4-16(13)17-24-26-27(25-17)10-15-11-29-18(28)23-15/h1-8,15H,9-11H2,(H,23,28)/t15-/m1/s1. The van der Waals surface area contributed by atoms with Gasteiger partial charge in [-0.3, -0.25) is 0 Å². The summed E-state index contributed by atoms with van der Waals surface area (Å²) in [6.07, 6.45) is -4.41. The smallest absolute Gasteiger partial charge is 0.416 e. The molecule has 1 fully saturated rings. The van der Waals surface area contributed by atoms with Crippen LogP contribution in [0.5, 0.6) is 0 Å². The Kier molecular flexibility index (Phi) is 4.91. The fourth-order valence-corrected chi connectivity index (χ4v) is 3.07. The Bertz CT molecular complexity index is 1020. The van der Waals surface area contributed by atoms with E-state index in [1.165, 1.54) is 16.9 Å². The summed E-state index contributed by atoms with van der Waals surface area (Å²) in [6, 6.07) is 12.2. The summed E-state index contributed by atoms with van der Waals surface area (Å²) in [5, 5.41) is 15.1. The molecule has 1 saturated heterocycles. The molecule has 29 heavy (non-hydrogen) atoms. The number of benzene rings is 2. The topological polar surface area (TPSA) is 81.9 Å². The van der Waals surface area contributed by atoms with Gasteiger partial charge in [-0.25, -0.2) is 4.79 Å². The molecule has 4 rings (SSSR count). The van der Waals surface area contributed by atoms with E-state index in [1.54, 1.807) is 0 Å². The maximum absolute atomic E-state index is 12.7. The lowest BCUT2D eigenvalue weighted by Gasteiger charge is -2.09. The summed E-state index contributed by atoms with van der Waals surface area (Å²) >= 11 is 0. The van der Waals surface area contributed by atoms with Gasteiger partial charge < -0.3 is 10.1 Å². The summed E-state index contributed by atoms with van der Waals surface area (Å²) < 4.78 is 43.1. The van der Waals surface area contributed by atoms with Crippen LogP contribution >= 0.6 is 0 Å². The minimum Gasteiger partial charge on any atom is -0.447 e. The van der Waals surface area contributed by atoms with Crippen LogP contribution in [0.4, 0.5) is 18.0 Å². The zero-order valence-electron chi connectivity index (χ0n) is 15.1. The first-order valence-corrected chi connectivity index (χ1v) is 8.84. The lowest BCUT2D eigenvalue weighted by Crippen LogP contribution is -2.31. The molecular formula is C19H16F3N5O2. The highest BCUT2D eigenvalue weighted by Gasteiger charge is 2.30. The number of hydrogen-bond donors (Lipinski definition) is 1. The van der Waals surface area contributed by atoms with Crippen molar-refractivity contribution in [3.8, 4) is 11.4 Å². The summed E-state index contributed by atoms with van der Waals surface area (Å²) in [5.74, 6) is 0.401. The van der Waals surface area contributed by atoms with E-state index in [0.717, 1.165) is 28.8 Å². The lowest BCUT2D eigenvalue weighted by atomic mass is 9.98. The van der Waals surface area contributed by atoms with Crippen molar-refractivity contribution in [2.45, 2.75) is 25.2 Å². The first-order chi connectivity index (χ1) is 13.9. The number of alkyl carbamates (subject to hydrolysis) is 1. The highest BCUT2D eigenvalue weighted by molar-refractivity contribution is 5.69. The molecule has 2 heterocycles. The molecule has 0 spiro atoms. The van der Waals surface area contributed by atoms with Gasteiger partial charge in [0.1, 0.15) is 6.61 Å². The van der Waals surface area contributed by atoms with E-state index in [1.807, 2.05) is 24.3 Å². The number of alkyl halides is 3. The molecule has 0 saturated carbocycles. The van der Waals surface area contributed by atoms with Crippen LogP contribution in [0, 0.1) is 0 Å². The fraction of sp³-hybridized carbons (Fsp3) is 0.263. The van der Waals surface area contributed by atoms with E-state index in [-0.39, 0.29) is 12.6 Å². The van der Waals surface area contributed by atoms with Gasteiger partial charge in [-0.05, 0) is 34.9 Å². The molecule has 1 aliphatic rings. The van der Waals surface area contributed by atoms with Crippen LogP contribution in [-0.2, 0) is 23.9 Å². The molecule has 3 aromatic rings. The van der Waals surface area contributed by atoms with E-state index >= 15 is 0 Å². The quantitative estimate of drug-likeness (QED) is 0.708. The second-order valence-corrected chi connectivity index (χ2v) is 6.64. The zero-order valence-corrected chi connectivity index (χ0v) is 15.1. The van der Waals surface area contributed by atoms with Gasteiger partial charge in [0.05, 0.1) is 18.2 Å². The summed E-state index contributed by atoms with van der Waals surface area (Å²) in [7, 11) is 0. The molecule has 0 unspecified atom stereocenters. The fourth-order valence-electron chi connectivity index (χ4n) is 3.07. The number of rotatable bonds is 5. The monoisotopic (exact) mass is 403 g/mol. The van der Waals surface area contributed by atoms with Crippen molar-refractivity contribution in [3.05, 3.63) is 65.2 Å². The Balaban J connectivity index is 1.52. The summed E-state index contributed by atoms with van der Waals surface area (Å²) in [4.78, 5) is 12.5. The Hall–Kier alpha value is -3.43. The highest BCUT2D eigenvalue weighted by Crippen LogP contribution is 2.30. The number of amides is 1. The molecular weight excluding hydrogens is 387 g/mol. The van der Waals surface area contributed by atoms with Gasteiger partial charge in [0.15, 0.2) is 0 Å². The van der Waals surface area contributed by atoms with Crippen molar-refractivity contribution in [1.82, 2.24) is 25.5 Å². The number of aromatic nitrogens is 4. The van der Waals surface area contributed by atoms with Crippen molar-refractivity contribution in [1.29, 1.82) is 0 Å². The van der Waals surface area contributed by atoms with E-state index in [2.05, 4.69) is 20.7 Å². The van der Waals surface area contributed by atoms with E-state index in [0.29, 0.717) is 18.8 Å². The largest absolute Gasteiger partial charge is 0.447 e. The van der Waals surface area contributed by atoms with E-state index in [4.69, 9.17) is 4.74 Å². The molecule has 2 aromatic carbocycles. The maximum Gasteiger partial charge on any atom is 0.416 e. The average molecular weight is 403 g/mol. The normalized spacial score (nSPS) is 16.5. The predicted molar refractivity (Wildman–Crippen MR) is 95.8 cm³/mol. The number of nitrogens with one attached hydrogen (secondary N) is 1. The van der Waals surface area contributed by atoms with Gasteiger partial charge in [0.2, 0.25) is 5.82 Å². The van der Waals surface area contributed by atoms with E-state index in [9.17, 15) is 18.0 Å². The van der Waals surface area contributed by atoms with Crippen molar-refractivity contribution in [3.63, 3.8) is 0 Å². The Morgan fingerprint density at radius 1 is 1.14 bits per heavy atom. The molecule has 0 bridgehead atoms. The lowest BCUT2D eigenvalue weighted by molar-refractivity contribution is -0.137. The number of carbonyl (C=O) groups is 1. The molecule has 7 nitrogen and oxygen atoms in total. The number of nitrogens with zero attached hydrogens (tertiary/aromatic N) is 4. The first kappa shape index (κ1) is 18.9. The second-order valence-electron chi connectivity index (χ2n) is 6.64. The van der Waals surface area contributed by atoms with Gasteiger partial charge in [0.25, 0.3) is 0 Å². The third-order valence-corrected chi connectivity index (χ3v) is 4.51. The number of cyclic esters (lactones) is 1. The number of halogens is 3. The van der Waals surface area contributed by atoms with Gasteiger partial charge in [0, 0.05) is 5.56 Å². The van der Waals surface area contributed by atoms with E-state index < -0.39 is 17.8 Å². The molecule has 1 atom stereocenters. The average Bonchev–Trinajstić information content (AvgIpc) is 3.31. The third-order valence-electron chi connectivity index (χ3n) is 4.51. The van der Waals surface area contributed by atoms with Crippen molar-refractivity contribution < 1.29 is 22.7 Å². The maximum atomic E-state index is 12.7. The number of ether oxygens (including phenoxy) is 1. The molecule has 1 aliphatic heterocycles. The molecule has 1 N–H and O–H groups in total. The summed E-state index contributed by atoms with van der Waals surface area (Å²) in [6.45, 7) is 0.556. The van der Waals surface area contributed by atoms with Crippen LogP contribution in [0.3, 0.4) is 0 Å². The van der Waals surface area contributed by atoms with Crippen LogP contribution in [0.1, 0.15) is 16.7 Å². The number of tetrazole rings is 1. The number of hydrogen-bond acceptors (Lipinski definition) is 5. The Morgan fingerprint density at radius 2 is 1.90 bits per heavy atom. The van der Waals surface area contributed by atoms with Crippen LogP contribution in [-0.4, -0.2) is 38.9 Å². The van der Waals surface area contributed by atoms with Crippen molar-refractivity contribution >= 4 is 6.09 Å². The molecule has 0 radical (unpaired) electrons. The van der Waals surface area contributed by atoms with Gasteiger partial charge in [-0.2, -0.15) is 18.0 Å². The summed E-state index contributed by atoms with van der Waals surface area (Å²) in [5.41, 5.74) is 1.67. The Labute approximate surface area is 163 Å². The van der Waals surface area contributed by atoms with Crippen LogP contribution in [0.2, 0.25) is 0 Å². The van der Waals surface area contributed by atoms with Crippen molar-refractivity contribution in [2.24, 2.45) is 0 Å². The molecule has 1 amide bonds. The van der Waals surface area contributed by atoms with Crippen LogP contribution < -0.4 is 5.32 Å². The minimum absolute atomic E-state index is 0.230. The minimum atomic E-state index is -4.36. The molecule has 1 aromatic heterocycles. The second kappa shape index (κ2) is 7.53.